The van der Waals surface area contributed by atoms with Crippen LogP contribution < -0.4 is 0 Å². The lowest BCUT2D eigenvalue weighted by Crippen LogP contribution is -1.97. The van der Waals surface area contributed by atoms with Crippen molar-refractivity contribution in [1.82, 2.24) is 9.55 Å². The van der Waals surface area contributed by atoms with Crippen LogP contribution in [-0.4, -0.2) is 15.8 Å². The molecule has 1 saturated carbocycles. The molecule has 1 fully saturated rings. The van der Waals surface area contributed by atoms with E-state index in [4.69, 9.17) is 0 Å². The van der Waals surface area contributed by atoms with Gasteiger partial charge in [0.2, 0.25) is 0 Å². The lowest BCUT2D eigenvalue weighted by molar-refractivity contribution is -0.108. The smallest absolute Gasteiger partial charge is 0.120 e. The molecule has 1 aromatic carbocycles. The van der Waals surface area contributed by atoms with E-state index < -0.39 is 0 Å². The van der Waals surface area contributed by atoms with E-state index in [9.17, 15) is 4.79 Å². The van der Waals surface area contributed by atoms with E-state index >= 15 is 0 Å². The van der Waals surface area contributed by atoms with Crippen molar-refractivity contribution in [2.24, 2.45) is 0 Å². The van der Waals surface area contributed by atoms with Crippen LogP contribution in [0.1, 0.15) is 49.5 Å². The van der Waals surface area contributed by atoms with Crippen molar-refractivity contribution in [3.05, 3.63) is 29.6 Å². The van der Waals surface area contributed by atoms with Crippen molar-refractivity contribution in [2.75, 3.05) is 0 Å². The fourth-order valence-corrected chi connectivity index (χ4v) is 2.62. The van der Waals surface area contributed by atoms with E-state index in [0.717, 1.165) is 17.6 Å². The Kier molecular flexibility index (Phi) is 2.69. The van der Waals surface area contributed by atoms with Crippen molar-refractivity contribution in [3.63, 3.8) is 0 Å². The number of aromatic nitrogens is 2. The molecule has 0 aliphatic heterocycles. The molecule has 0 N–H and O–H groups in total. The molecule has 1 aliphatic rings. The lowest BCUT2D eigenvalue weighted by Gasteiger charge is -2.08. The Morgan fingerprint density at radius 3 is 2.94 bits per heavy atom. The van der Waals surface area contributed by atoms with Crippen molar-refractivity contribution in [2.45, 2.75) is 45.1 Å². The predicted molar refractivity (Wildman–Crippen MR) is 71.8 cm³/mol. The Morgan fingerprint density at radius 2 is 2.28 bits per heavy atom. The summed E-state index contributed by atoms with van der Waals surface area (Å²) in [7, 11) is 0. The number of carbonyl (C=O) groups is 1. The van der Waals surface area contributed by atoms with Crippen LogP contribution in [0.25, 0.3) is 11.0 Å². The number of nitrogens with zero attached hydrogens (tertiary/aromatic N) is 2. The second kappa shape index (κ2) is 4.23. The predicted octanol–water partition coefficient (Wildman–Crippen LogP) is 3.37. The number of hydrogen-bond donors (Lipinski definition) is 0. The first-order valence-electron chi connectivity index (χ1n) is 6.63. The van der Waals surface area contributed by atoms with E-state index in [1.165, 1.54) is 23.9 Å². The minimum Gasteiger partial charge on any atom is -0.325 e. The lowest BCUT2D eigenvalue weighted by atomic mass is 9.98. The van der Waals surface area contributed by atoms with Gasteiger partial charge in [0.05, 0.1) is 11.0 Å². The third kappa shape index (κ3) is 1.84. The van der Waals surface area contributed by atoms with Crippen LogP contribution in [0.2, 0.25) is 0 Å². The molecular formula is C15H18N2O. The van der Waals surface area contributed by atoms with Crippen LogP contribution in [-0.2, 0) is 4.79 Å². The van der Waals surface area contributed by atoms with Gasteiger partial charge < -0.3 is 9.36 Å². The highest BCUT2D eigenvalue weighted by molar-refractivity contribution is 5.77. The summed E-state index contributed by atoms with van der Waals surface area (Å²) in [6, 6.07) is 7.09. The van der Waals surface area contributed by atoms with Crippen LogP contribution in [0.4, 0.5) is 0 Å². The van der Waals surface area contributed by atoms with Gasteiger partial charge in [-0.15, -0.1) is 0 Å². The Morgan fingerprint density at radius 1 is 1.50 bits per heavy atom. The Balaban J connectivity index is 2.05. The standard InChI is InChI=1S/C15H18N2O/c1-10(7-8-18)12-3-6-15-14(9-12)16-11(2)17(15)13-4-5-13/h3,6,8-10,13H,4-5,7H2,1-2H3. The van der Waals surface area contributed by atoms with Crippen molar-refractivity contribution < 1.29 is 4.79 Å². The van der Waals surface area contributed by atoms with Crippen molar-refractivity contribution >= 4 is 17.3 Å². The molecule has 0 bridgehead atoms. The molecule has 0 radical (unpaired) electrons. The minimum absolute atomic E-state index is 0.276. The number of carbonyl (C=O) groups excluding carboxylic acids is 1. The third-order valence-corrected chi connectivity index (χ3v) is 3.82. The Labute approximate surface area is 107 Å². The average Bonchev–Trinajstić information content (AvgIpc) is 3.11. The first kappa shape index (κ1) is 11.5. The monoisotopic (exact) mass is 242 g/mol. The molecule has 2 aromatic rings. The molecule has 1 aromatic heterocycles. The SMILES string of the molecule is Cc1nc2cc(C(C)CC=O)ccc2n1C1CC1. The summed E-state index contributed by atoms with van der Waals surface area (Å²) in [5.41, 5.74) is 3.50. The number of aldehydes is 1. The molecule has 1 heterocycles. The second-order valence-electron chi connectivity index (χ2n) is 5.31. The zero-order valence-corrected chi connectivity index (χ0v) is 10.9. The highest BCUT2D eigenvalue weighted by Gasteiger charge is 2.26. The van der Waals surface area contributed by atoms with Gasteiger partial charge in [-0.25, -0.2) is 4.98 Å². The highest BCUT2D eigenvalue weighted by Crippen LogP contribution is 2.38. The molecule has 1 aliphatic carbocycles. The van der Waals surface area contributed by atoms with Gasteiger partial charge in [-0.1, -0.05) is 13.0 Å². The summed E-state index contributed by atoms with van der Waals surface area (Å²) >= 11 is 0. The fraction of sp³-hybridized carbons (Fsp3) is 0.467. The first-order valence-corrected chi connectivity index (χ1v) is 6.63. The summed E-state index contributed by atoms with van der Waals surface area (Å²) in [6.45, 7) is 4.16. The van der Waals surface area contributed by atoms with E-state index in [2.05, 4.69) is 41.6 Å². The van der Waals surface area contributed by atoms with Crippen molar-refractivity contribution in [3.8, 4) is 0 Å². The normalized spacial score (nSPS) is 17.0. The molecule has 18 heavy (non-hydrogen) atoms. The van der Waals surface area contributed by atoms with E-state index in [1.807, 2.05) is 0 Å². The summed E-state index contributed by atoms with van der Waals surface area (Å²) < 4.78 is 2.35. The molecule has 3 heteroatoms. The molecular weight excluding hydrogens is 224 g/mol. The highest BCUT2D eigenvalue weighted by atomic mass is 16.1. The van der Waals surface area contributed by atoms with Crippen LogP contribution in [0.3, 0.4) is 0 Å². The molecule has 1 unspecified atom stereocenters. The zero-order chi connectivity index (χ0) is 12.7. The van der Waals surface area contributed by atoms with Crippen molar-refractivity contribution in [1.29, 1.82) is 0 Å². The minimum atomic E-state index is 0.276. The molecule has 3 rings (SSSR count). The summed E-state index contributed by atoms with van der Waals surface area (Å²) in [5.74, 6) is 1.38. The largest absolute Gasteiger partial charge is 0.325 e. The molecule has 94 valence electrons. The number of benzene rings is 1. The first-order chi connectivity index (χ1) is 8.70. The molecule has 0 saturated heterocycles. The topological polar surface area (TPSA) is 34.9 Å². The zero-order valence-electron chi connectivity index (χ0n) is 10.9. The van der Waals surface area contributed by atoms with Gasteiger partial charge in [-0.2, -0.15) is 0 Å². The summed E-state index contributed by atoms with van der Waals surface area (Å²) in [4.78, 5) is 15.2. The maximum absolute atomic E-state index is 10.6. The second-order valence-corrected chi connectivity index (χ2v) is 5.31. The van der Waals surface area contributed by atoms with Gasteiger partial charge >= 0.3 is 0 Å². The van der Waals surface area contributed by atoms with E-state index in [0.29, 0.717) is 12.5 Å². The fourth-order valence-electron chi connectivity index (χ4n) is 2.62. The van der Waals surface area contributed by atoms with Crippen LogP contribution in [0.5, 0.6) is 0 Å². The van der Waals surface area contributed by atoms with Gasteiger partial charge in [0.1, 0.15) is 12.1 Å². The maximum Gasteiger partial charge on any atom is 0.120 e. The Bertz CT molecular complexity index is 596. The number of hydrogen-bond acceptors (Lipinski definition) is 2. The van der Waals surface area contributed by atoms with E-state index in [-0.39, 0.29) is 5.92 Å². The molecule has 1 atom stereocenters. The van der Waals surface area contributed by atoms with Gasteiger partial charge in [0.15, 0.2) is 0 Å². The van der Waals surface area contributed by atoms with Gasteiger partial charge in [-0.3, -0.25) is 0 Å². The number of rotatable bonds is 4. The quantitative estimate of drug-likeness (QED) is 0.770. The van der Waals surface area contributed by atoms with Gasteiger partial charge in [-0.05, 0) is 43.4 Å². The summed E-state index contributed by atoms with van der Waals surface area (Å²) in [5, 5.41) is 0. The molecule has 3 nitrogen and oxygen atoms in total. The number of imidazole rings is 1. The molecule has 0 spiro atoms. The number of aryl methyl sites for hydroxylation is 1. The van der Waals surface area contributed by atoms with Gasteiger partial charge in [0.25, 0.3) is 0 Å². The van der Waals surface area contributed by atoms with E-state index in [1.54, 1.807) is 0 Å². The van der Waals surface area contributed by atoms with Gasteiger partial charge in [0, 0.05) is 12.5 Å². The van der Waals surface area contributed by atoms with Crippen LogP contribution >= 0.6 is 0 Å². The maximum atomic E-state index is 10.6. The number of fused-ring (bicyclic) bond motifs is 1. The average molecular weight is 242 g/mol. The Hall–Kier alpha value is -1.64. The van der Waals surface area contributed by atoms with Crippen LogP contribution in [0.15, 0.2) is 18.2 Å². The summed E-state index contributed by atoms with van der Waals surface area (Å²) in [6.07, 6.45) is 4.11. The molecule has 0 amide bonds. The third-order valence-electron chi connectivity index (χ3n) is 3.82. The van der Waals surface area contributed by atoms with Crippen LogP contribution in [0, 0.1) is 6.92 Å².